The van der Waals surface area contributed by atoms with E-state index in [1.165, 1.54) is 70.6 Å². The third-order valence-corrected chi connectivity index (χ3v) is 9.15. The average molecular weight is 740 g/mol. The number of carbonyl (C=O) groups excluding carboxylic acids is 1. The predicted molar refractivity (Wildman–Crippen MR) is 211 cm³/mol. The molecule has 51 heavy (non-hydrogen) atoms. The molecule has 1 unspecified atom stereocenters. The molecule has 3 atom stereocenters. The summed E-state index contributed by atoms with van der Waals surface area (Å²) in [7, 11) is -4.31. The first kappa shape index (κ1) is 49.0. The smallest absolute Gasteiger partial charge is 0.472 e. The Balaban J connectivity index is 4.26. The van der Waals surface area contributed by atoms with Crippen LogP contribution in [-0.4, -0.2) is 54.5 Å². The molecule has 4 N–H and O–H groups in total. The Morgan fingerprint density at radius 2 is 1.22 bits per heavy atom. The largest absolute Gasteiger partial charge is 0.498 e. The number of allylic oxidation sites excluding steroid dienone is 9. The summed E-state index contributed by atoms with van der Waals surface area (Å²) in [6.07, 6.45) is 42.8. The maximum absolute atomic E-state index is 12.5. The molecular weight excluding hydrogens is 665 g/mol. The Labute approximate surface area is 311 Å². The van der Waals surface area contributed by atoms with Crippen molar-refractivity contribution in [1.29, 1.82) is 0 Å². The maximum Gasteiger partial charge on any atom is 0.472 e. The number of phosphoric ester groups is 1. The molecule has 0 aliphatic carbocycles. The Hall–Kier alpha value is -2.00. The molecular formula is C41H74NO8P. The van der Waals surface area contributed by atoms with Crippen LogP contribution in [0.25, 0.3) is 0 Å². The van der Waals surface area contributed by atoms with Crippen molar-refractivity contribution in [2.75, 3.05) is 26.4 Å². The monoisotopic (exact) mass is 740 g/mol. The number of carbonyl (C=O) groups is 1. The van der Waals surface area contributed by atoms with Crippen LogP contribution in [-0.2, 0) is 27.9 Å². The molecule has 0 aromatic carbocycles. The topological polar surface area (TPSA) is 138 Å². The molecule has 9 nitrogen and oxygen atoms in total. The van der Waals surface area contributed by atoms with Crippen molar-refractivity contribution >= 4 is 13.8 Å². The highest BCUT2D eigenvalue weighted by atomic mass is 31.2. The van der Waals surface area contributed by atoms with Gasteiger partial charge in [-0.05, 0) is 70.3 Å². The quantitative estimate of drug-likeness (QED) is 0.0187. The summed E-state index contributed by atoms with van der Waals surface area (Å²) in [4.78, 5) is 22.4. The maximum atomic E-state index is 12.5. The first-order valence-electron chi connectivity index (χ1n) is 19.9. The first-order valence-corrected chi connectivity index (χ1v) is 21.4. The van der Waals surface area contributed by atoms with Crippen molar-refractivity contribution < 1.29 is 37.9 Å². The Bertz CT molecular complexity index is 981. The molecule has 0 bridgehead atoms. The SMILES string of the molecule is CCCCCCCCCCCCCC/C=C/OC[C@H](COP(=O)(O)OCCN)OC(=O)CCC/C=C\C/C=C\C/C=C\C/C=C\CC[C@H](O)CC. The fourth-order valence-electron chi connectivity index (χ4n) is 5.05. The van der Waals surface area contributed by atoms with E-state index in [0.29, 0.717) is 6.42 Å². The summed E-state index contributed by atoms with van der Waals surface area (Å²) in [5.74, 6) is -0.420. The highest BCUT2D eigenvalue weighted by molar-refractivity contribution is 7.47. The Kier molecular flexibility index (Phi) is 36.3. The van der Waals surface area contributed by atoms with Crippen LogP contribution in [0.1, 0.15) is 155 Å². The molecule has 0 spiro atoms. The van der Waals surface area contributed by atoms with Gasteiger partial charge in [0.05, 0.1) is 25.6 Å². The van der Waals surface area contributed by atoms with Gasteiger partial charge >= 0.3 is 13.8 Å². The molecule has 0 radical (unpaired) electrons. The van der Waals surface area contributed by atoms with Crippen LogP contribution in [0.5, 0.6) is 0 Å². The highest BCUT2D eigenvalue weighted by Crippen LogP contribution is 2.43. The molecule has 0 aromatic rings. The number of aliphatic hydroxyl groups is 1. The average Bonchev–Trinajstić information content (AvgIpc) is 3.12. The Morgan fingerprint density at radius 3 is 1.78 bits per heavy atom. The minimum atomic E-state index is -4.31. The number of hydrogen-bond acceptors (Lipinski definition) is 8. The zero-order valence-corrected chi connectivity index (χ0v) is 33.1. The number of unbranched alkanes of at least 4 members (excludes halogenated alkanes) is 13. The van der Waals surface area contributed by atoms with Crippen molar-refractivity contribution in [2.45, 2.75) is 167 Å². The third-order valence-electron chi connectivity index (χ3n) is 8.17. The standard InChI is InChI=1S/C41H74NO8P/c1-3-5-6-7-8-9-10-11-16-19-22-25-28-31-35-47-37-40(38-49-51(45,46)48-36-34-42)50-41(44)33-30-27-24-21-18-15-13-12-14-17-20-23-26-29-32-39(43)4-2/h13-15,17,21,23-24,26,31,35,39-40,43H,3-12,16,18-20,22,25,27-30,32-34,36-38,42H2,1-2H3,(H,45,46)/b15-13-,17-14-,24-21-,26-23-,35-31+/t39-,40-/m1/s1. The van der Waals surface area contributed by atoms with Crippen LogP contribution in [0.2, 0.25) is 0 Å². The van der Waals surface area contributed by atoms with Gasteiger partial charge in [0, 0.05) is 13.0 Å². The van der Waals surface area contributed by atoms with Gasteiger partial charge < -0.3 is 25.2 Å². The second-order valence-corrected chi connectivity index (χ2v) is 14.5. The van der Waals surface area contributed by atoms with E-state index in [0.717, 1.165) is 57.8 Å². The molecule has 296 valence electrons. The lowest BCUT2D eigenvalue weighted by Crippen LogP contribution is -2.27. The number of rotatable bonds is 37. The minimum Gasteiger partial charge on any atom is -0.498 e. The summed E-state index contributed by atoms with van der Waals surface area (Å²) in [6.45, 7) is 3.87. The van der Waals surface area contributed by atoms with Crippen molar-refractivity contribution in [2.24, 2.45) is 5.73 Å². The summed E-state index contributed by atoms with van der Waals surface area (Å²) in [5.41, 5.74) is 5.34. The first-order chi connectivity index (χ1) is 24.8. The molecule has 0 saturated carbocycles. The van der Waals surface area contributed by atoms with Gasteiger partial charge in [0.2, 0.25) is 0 Å². The number of esters is 1. The fourth-order valence-corrected chi connectivity index (χ4v) is 5.82. The predicted octanol–water partition coefficient (Wildman–Crippen LogP) is 10.7. The number of hydrogen-bond donors (Lipinski definition) is 3. The lowest BCUT2D eigenvalue weighted by molar-refractivity contribution is -0.153. The Morgan fingerprint density at radius 1 is 0.686 bits per heavy atom. The van der Waals surface area contributed by atoms with E-state index in [2.05, 4.69) is 55.5 Å². The van der Waals surface area contributed by atoms with E-state index in [9.17, 15) is 19.4 Å². The lowest BCUT2D eigenvalue weighted by atomic mass is 10.0. The van der Waals surface area contributed by atoms with E-state index in [1.807, 2.05) is 13.0 Å². The van der Waals surface area contributed by atoms with Crippen LogP contribution in [0, 0.1) is 0 Å². The number of ether oxygens (including phenoxy) is 2. The van der Waals surface area contributed by atoms with E-state index in [4.69, 9.17) is 24.3 Å². The fraction of sp³-hybridized carbons (Fsp3) is 0.732. The molecule has 0 amide bonds. The second kappa shape index (κ2) is 37.7. The van der Waals surface area contributed by atoms with Gasteiger partial charge in [-0.3, -0.25) is 13.8 Å². The summed E-state index contributed by atoms with van der Waals surface area (Å²) in [5, 5.41) is 9.55. The number of aliphatic hydroxyl groups excluding tert-OH is 1. The third kappa shape index (κ3) is 37.6. The van der Waals surface area contributed by atoms with Gasteiger partial charge in [-0.15, -0.1) is 0 Å². The normalized spacial score (nSPS) is 14.8. The van der Waals surface area contributed by atoms with Gasteiger partial charge in [-0.1, -0.05) is 133 Å². The minimum absolute atomic E-state index is 0.000242. The second-order valence-electron chi connectivity index (χ2n) is 13.0. The van der Waals surface area contributed by atoms with E-state index in [-0.39, 0.29) is 38.9 Å². The van der Waals surface area contributed by atoms with Crippen molar-refractivity contribution in [1.82, 2.24) is 0 Å². The lowest BCUT2D eigenvalue weighted by Gasteiger charge is -2.19. The molecule has 0 heterocycles. The van der Waals surface area contributed by atoms with E-state index in [1.54, 1.807) is 6.26 Å². The summed E-state index contributed by atoms with van der Waals surface area (Å²) < 4.78 is 33.0. The van der Waals surface area contributed by atoms with Gasteiger partial charge in [-0.2, -0.15) is 0 Å². The summed E-state index contributed by atoms with van der Waals surface area (Å²) >= 11 is 0. The zero-order chi connectivity index (χ0) is 37.5. The van der Waals surface area contributed by atoms with Crippen LogP contribution in [0.4, 0.5) is 0 Å². The summed E-state index contributed by atoms with van der Waals surface area (Å²) in [6, 6.07) is 0. The van der Waals surface area contributed by atoms with Crippen molar-refractivity contribution in [3.63, 3.8) is 0 Å². The van der Waals surface area contributed by atoms with Gasteiger partial charge in [0.25, 0.3) is 0 Å². The molecule has 0 rings (SSSR count). The highest BCUT2D eigenvalue weighted by Gasteiger charge is 2.25. The van der Waals surface area contributed by atoms with Crippen molar-refractivity contribution in [3.8, 4) is 0 Å². The van der Waals surface area contributed by atoms with Crippen LogP contribution in [0.15, 0.2) is 60.9 Å². The molecule has 10 heteroatoms. The van der Waals surface area contributed by atoms with E-state index < -0.39 is 19.9 Å². The van der Waals surface area contributed by atoms with Gasteiger partial charge in [0.1, 0.15) is 6.61 Å². The van der Waals surface area contributed by atoms with Crippen LogP contribution in [0.3, 0.4) is 0 Å². The zero-order valence-electron chi connectivity index (χ0n) is 32.2. The molecule has 0 fully saturated rings. The van der Waals surface area contributed by atoms with Crippen LogP contribution < -0.4 is 5.73 Å². The molecule has 0 aliphatic heterocycles. The number of nitrogens with two attached hydrogens (primary N) is 1. The van der Waals surface area contributed by atoms with E-state index >= 15 is 0 Å². The molecule has 0 aliphatic rings. The van der Waals surface area contributed by atoms with Crippen LogP contribution >= 0.6 is 7.82 Å². The van der Waals surface area contributed by atoms with Gasteiger partial charge in [-0.25, -0.2) is 4.57 Å². The molecule has 0 saturated heterocycles. The number of phosphoric acid groups is 1. The molecule has 0 aromatic heterocycles. The van der Waals surface area contributed by atoms with Gasteiger partial charge in [0.15, 0.2) is 6.10 Å². The van der Waals surface area contributed by atoms with Crippen molar-refractivity contribution in [3.05, 3.63) is 60.9 Å².